The molecule has 7 N–H and O–H groups in total. The zero-order valence-electron chi connectivity index (χ0n) is 18.3. The van der Waals surface area contributed by atoms with Crippen molar-refractivity contribution in [3.05, 3.63) is 0 Å². The maximum Gasteiger partial charge on any atom is 0.243 e. The minimum absolute atomic E-state index is 0.0821. The lowest BCUT2D eigenvalue weighted by Crippen LogP contribution is -2.54. The molecule has 11 heteroatoms. The highest BCUT2D eigenvalue weighted by Gasteiger charge is 2.26. The van der Waals surface area contributed by atoms with Crippen LogP contribution < -0.4 is 27.0 Å². The number of aliphatic hydroxyl groups is 1. The van der Waals surface area contributed by atoms with E-state index in [1.54, 1.807) is 13.8 Å². The summed E-state index contributed by atoms with van der Waals surface area (Å²) >= 11 is 0. The molecule has 0 aromatic rings. The third kappa shape index (κ3) is 12.0. The van der Waals surface area contributed by atoms with E-state index in [0.717, 1.165) is 0 Å². The van der Waals surface area contributed by atoms with Crippen LogP contribution in [0.4, 0.5) is 0 Å². The first-order valence-corrected chi connectivity index (χ1v) is 9.93. The summed E-state index contributed by atoms with van der Waals surface area (Å²) in [6, 6.07) is -1.77. The number of carbonyl (C=O) groups excluding carboxylic acids is 5. The number of amides is 5. The van der Waals surface area contributed by atoms with Gasteiger partial charge in [0.25, 0.3) is 0 Å². The lowest BCUT2D eigenvalue weighted by Gasteiger charge is -2.23. The molecule has 172 valence electrons. The van der Waals surface area contributed by atoms with E-state index in [0.29, 0.717) is 6.42 Å². The van der Waals surface area contributed by atoms with Gasteiger partial charge in [-0.25, -0.2) is 0 Å². The Morgan fingerprint density at radius 2 is 1.40 bits per heavy atom. The second-order valence-electron chi connectivity index (χ2n) is 7.99. The average molecular weight is 430 g/mol. The van der Waals surface area contributed by atoms with Gasteiger partial charge < -0.3 is 32.1 Å². The van der Waals surface area contributed by atoms with Crippen LogP contribution in [-0.4, -0.2) is 65.9 Å². The average Bonchev–Trinajstić information content (AvgIpc) is 2.60. The standard InChI is InChI=1S/C19H35N5O6/c1-10(2)6-13(18(29)21-8-14(20)26)23-16(28)9-22-19(30)17(11(3)4)24-15(27)7-12(5)25/h10-13,17,25H,6-9H2,1-5H3,(H2,20,26)(H,21,29)(H,22,30)(H,23,28)(H,24,27). The van der Waals surface area contributed by atoms with Crippen LogP contribution in [-0.2, 0) is 24.0 Å². The molecule has 30 heavy (non-hydrogen) atoms. The van der Waals surface area contributed by atoms with E-state index in [1.165, 1.54) is 6.92 Å². The van der Waals surface area contributed by atoms with E-state index in [-0.39, 0.29) is 24.8 Å². The maximum atomic E-state index is 12.4. The smallest absolute Gasteiger partial charge is 0.243 e. The van der Waals surface area contributed by atoms with Crippen LogP contribution in [0.15, 0.2) is 0 Å². The van der Waals surface area contributed by atoms with Crippen molar-refractivity contribution >= 4 is 29.5 Å². The van der Waals surface area contributed by atoms with Gasteiger partial charge in [-0.3, -0.25) is 24.0 Å². The zero-order chi connectivity index (χ0) is 23.4. The van der Waals surface area contributed by atoms with Crippen molar-refractivity contribution in [1.82, 2.24) is 21.3 Å². The molecule has 5 amide bonds. The Kier molecular flexibility index (Phi) is 12.3. The number of hydrogen-bond donors (Lipinski definition) is 6. The van der Waals surface area contributed by atoms with Crippen molar-refractivity contribution in [2.24, 2.45) is 17.6 Å². The largest absolute Gasteiger partial charge is 0.393 e. The quantitative estimate of drug-likeness (QED) is 0.200. The fourth-order valence-electron chi connectivity index (χ4n) is 2.56. The Morgan fingerprint density at radius 3 is 1.87 bits per heavy atom. The monoisotopic (exact) mass is 429 g/mol. The predicted molar refractivity (Wildman–Crippen MR) is 110 cm³/mol. The van der Waals surface area contributed by atoms with E-state index in [2.05, 4.69) is 21.3 Å². The lowest BCUT2D eigenvalue weighted by molar-refractivity contribution is -0.133. The number of carbonyl (C=O) groups is 5. The van der Waals surface area contributed by atoms with Crippen LogP contribution in [0.1, 0.15) is 47.5 Å². The highest BCUT2D eigenvalue weighted by atomic mass is 16.3. The van der Waals surface area contributed by atoms with Crippen LogP contribution in [0.25, 0.3) is 0 Å². The molecule has 0 spiro atoms. The number of aliphatic hydroxyl groups excluding tert-OH is 1. The molecule has 0 aliphatic rings. The highest BCUT2D eigenvalue weighted by molar-refractivity contribution is 5.93. The van der Waals surface area contributed by atoms with Crippen LogP contribution in [0, 0.1) is 11.8 Å². The SMILES string of the molecule is CC(C)CC(NC(=O)CNC(=O)C(NC(=O)CC(C)O)C(C)C)C(=O)NCC(N)=O. The number of primary amides is 1. The summed E-state index contributed by atoms with van der Waals surface area (Å²) in [6.45, 7) is 7.91. The van der Waals surface area contributed by atoms with E-state index >= 15 is 0 Å². The fraction of sp³-hybridized carbons (Fsp3) is 0.737. The molecule has 0 fully saturated rings. The summed E-state index contributed by atoms with van der Waals surface area (Å²) in [5.41, 5.74) is 5.01. The van der Waals surface area contributed by atoms with Gasteiger partial charge in [-0.05, 0) is 25.2 Å². The van der Waals surface area contributed by atoms with Crippen molar-refractivity contribution in [2.75, 3.05) is 13.1 Å². The summed E-state index contributed by atoms with van der Waals surface area (Å²) in [6.07, 6.45) is -0.659. The maximum absolute atomic E-state index is 12.4. The molecule has 0 aliphatic heterocycles. The summed E-state index contributed by atoms with van der Waals surface area (Å²) in [7, 11) is 0. The third-order valence-corrected chi connectivity index (χ3v) is 3.97. The van der Waals surface area contributed by atoms with Gasteiger partial charge >= 0.3 is 0 Å². The topological polar surface area (TPSA) is 180 Å². The van der Waals surface area contributed by atoms with Crippen LogP contribution in [0.2, 0.25) is 0 Å². The Morgan fingerprint density at radius 1 is 0.833 bits per heavy atom. The molecule has 0 saturated heterocycles. The molecule has 0 radical (unpaired) electrons. The molecule has 0 bridgehead atoms. The van der Waals surface area contributed by atoms with Crippen molar-refractivity contribution in [3.63, 3.8) is 0 Å². The Hall–Kier alpha value is -2.69. The van der Waals surface area contributed by atoms with Crippen molar-refractivity contribution in [3.8, 4) is 0 Å². The van der Waals surface area contributed by atoms with Gasteiger partial charge in [-0.2, -0.15) is 0 Å². The van der Waals surface area contributed by atoms with Gasteiger partial charge in [0.15, 0.2) is 0 Å². The summed E-state index contributed by atoms with van der Waals surface area (Å²) < 4.78 is 0. The van der Waals surface area contributed by atoms with Crippen molar-refractivity contribution in [1.29, 1.82) is 0 Å². The first-order chi connectivity index (χ1) is 13.8. The summed E-state index contributed by atoms with van der Waals surface area (Å²) in [5, 5.41) is 19.1. The zero-order valence-corrected chi connectivity index (χ0v) is 18.3. The molecule has 3 unspecified atom stereocenters. The van der Waals surface area contributed by atoms with E-state index in [4.69, 9.17) is 5.73 Å². The number of nitrogens with one attached hydrogen (secondary N) is 4. The molecule has 0 rings (SSSR count). The molecule has 0 aliphatic carbocycles. The second-order valence-corrected chi connectivity index (χ2v) is 7.99. The van der Waals surface area contributed by atoms with Gasteiger partial charge in [0.05, 0.1) is 25.6 Å². The molecule has 0 aromatic carbocycles. The van der Waals surface area contributed by atoms with E-state index in [1.807, 2.05) is 13.8 Å². The predicted octanol–water partition coefficient (Wildman–Crippen LogP) is -1.85. The Balaban J connectivity index is 4.82. The van der Waals surface area contributed by atoms with Gasteiger partial charge in [0.1, 0.15) is 12.1 Å². The highest BCUT2D eigenvalue weighted by Crippen LogP contribution is 2.05. The molecule has 0 saturated carbocycles. The Bertz CT molecular complexity index is 621. The number of nitrogens with two attached hydrogens (primary N) is 1. The van der Waals surface area contributed by atoms with Crippen LogP contribution in [0.5, 0.6) is 0 Å². The first-order valence-electron chi connectivity index (χ1n) is 9.93. The van der Waals surface area contributed by atoms with Crippen LogP contribution >= 0.6 is 0 Å². The normalized spacial score (nSPS) is 13.9. The minimum atomic E-state index is -0.889. The molecule has 3 atom stereocenters. The van der Waals surface area contributed by atoms with E-state index in [9.17, 15) is 29.1 Å². The molecule has 0 heterocycles. The minimum Gasteiger partial charge on any atom is -0.393 e. The molecule has 0 aromatic heterocycles. The Labute approximate surface area is 176 Å². The molecular formula is C19H35N5O6. The fourth-order valence-corrected chi connectivity index (χ4v) is 2.56. The molecule has 11 nitrogen and oxygen atoms in total. The number of rotatable bonds is 13. The second kappa shape index (κ2) is 13.5. The van der Waals surface area contributed by atoms with E-state index < -0.39 is 54.3 Å². The number of hydrogen-bond acceptors (Lipinski definition) is 6. The van der Waals surface area contributed by atoms with Crippen LogP contribution in [0.3, 0.4) is 0 Å². The van der Waals surface area contributed by atoms with Gasteiger partial charge in [0.2, 0.25) is 29.5 Å². The molecular weight excluding hydrogens is 394 g/mol. The lowest BCUT2D eigenvalue weighted by atomic mass is 10.0. The van der Waals surface area contributed by atoms with Crippen molar-refractivity contribution in [2.45, 2.75) is 65.6 Å². The van der Waals surface area contributed by atoms with Gasteiger partial charge in [-0.15, -0.1) is 0 Å². The third-order valence-electron chi connectivity index (χ3n) is 3.97. The summed E-state index contributed by atoms with van der Waals surface area (Å²) in [4.78, 5) is 59.5. The van der Waals surface area contributed by atoms with Gasteiger partial charge in [-0.1, -0.05) is 27.7 Å². The van der Waals surface area contributed by atoms with Gasteiger partial charge in [0, 0.05) is 0 Å². The first kappa shape index (κ1) is 27.3. The summed E-state index contributed by atoms with van der Waals surface area (Å²) in [5.74, 6) is -3.06. The van der Waals surface area contributed by atoms with Crippen molar-refractivity contribution < 1.29 is 29.1 Å².